The Labute approximate surface area is 189 Å². The molecule has 0 aliphatic heterocycles. The summed E-state index contributed by atoms with van der Waals surface area (Å²) in [6, 6.07) is 8.45. The van der Waals surface area contributed by atoms with E-state index in [0.29, 0.717) is 18.9 Å². The predicted molar refractivity (Wildman–Crippen MR) is 116 cm³/mol. The van der Waals surface area contributed by atoms with Gasteiger partial charge in [-0.05, 0) is 37.1 Å². The van der Waals surface area contributed by atoms with Gasteiger partial charge in [0.05, 0.1) is 16.3 Å². The molecule has 3 aromatic rings. The number of nitrogens with one attached hydrogen (secondary N) is 1. The molecule has 0 radical (unpaired) electrons. The maximum absolute atomic E-state index is 14.2. The van der Waals surface area contributed by atoms with E-state index < -0.39 is 38.7 Å². The highest BCUT2D eigenvalue weighted by Crippen LogP contribution is 2.31. The third-order valence-corrected chi connectivity index (χ3v) is 7.72. The molecular formula is C23H21F2N3O4S. The molecule has 1 aliphatic rings. The van der Waals surface area contributed by atoms with Crippen molar-refractivity contribution in [1.29, 1.82) is 0 Å². The highest BCUT2D eigenvalue weighted by atomic mass is 32.2. The molecule has 10 heteroatoms. The zero-order valence-corrected chi connectivity index (χ0v) is 18.3. The van der Waals surface area contributed by atoms with Gasteiger partial charge in [0.15, 0.2) is 27.2 Å². The van der Waals surface area contributed by atoms with Crippen LogP contribution in [0.2, 0.25) is 0 Å². The van der Waals surface area contributed by atoms with Gasteiger partial charge < -0.3 is 10.1 Å². The van der Waals surface area contributed by atoms with Crippen LogP contribution in [0, 0.1) is 11.6 Å². The summed E-state index contributed by atoms with van der Waals surface area (Å²) in [7, 11) is -3.48. The Morgan fingerprint density at radius 3 is 2.42 bits per heavy atom. The van der Waals surface area contributed by atoms with Crippen LogP contribution in [0.4, 0.5) is 14.6 Å². The number of benzene rings is 2. The molecule has 1 aliphatic carbocycles. The summed E-state index contributed by atoms with van der Waals surface area (Å²) in [6.07, 6.45) is 5.78. The fourth-order valence-electron chi connectivity index (χ4n) is 3.75. The van der Waals surface area contributed by atoms with Gasteiger partial charge in [0.1, 0.15) is 5.82 Å². The molecule has 1 saturated carbocycles. The van der Waals surface area contributed by atoms with E-state index >= 15 is 0 Å². The number of carbonyl (C=O) groups excluding carboxylic acids is 1. The van der Waals surface area contributed by atoms with E-state index in [-0.39, 0.29) is 22.0 Å². The Bertz CT molecular complexity index is 1230. The second-order valence-electron chi connectivity index (χ2n) is 7.67. The summed E-state index contributed by atoms with van der Waals surface area (Å²) in [4.78, 5) is 21.0. The molecule has 1 N–H and O–H groups in total. The molecule has 33 heavy (non-hydrogen) atoms. The molecule has 7 nitrogen and oxygen atoms in total. The zero-order chi connectivity index (χ0) is 23.4. The predicted octanol–water partition coefficient (Wildman–Crippen LogP) is 4.23. The molecule has 172 valence electrons. The summed E-state index contributed by atoms with van der Waals surface area (Å²) >= 11 is 0. The van der Waals surface area contributed by atoms with E-state index in [4.69, 9.17) is 4.74 Å². The molecule has 1 fully saturated rings. The SMILES string of the molecule is O=C(Nc1cnccn1)C(Oc1ccc(F)cc1F)c1ccc(S(=O)(=O)C2CCCC2)cc1. The normalized spacial score (nSPS) is 15.2. The number of hydrogen-bond acceptors (Lipinski definition) is 6. The van der Waals surface area contributed by atoms with Crippen LogP contribution in [-0.2, 0) is 14.6 Å². The second kappa shape index (κ2) is 9.62. The van der Waals surface area contributed by atoms with Crippen molar-refractivity contribution in [1.82, 2.24) is 9.97 Å². The standard InChI is InChI=1S/C23H21F2N3O4S/c24-16-7-10-20(19(25)13-16)32-22(23(29)28-21-14-26-11-12-27-21)15-5-8-18(9-6-15)33(30,31)17-3-1-2-4-17/h5-14,17,22H,1-4H2,(H,27,28,29). The van der Waals surface area contributed by atoms with Crippen LogP contribution in [0.25, 0.3) is 0 Å². The van der Waals surface area contributed by atoms with Gasteiger partial charge in [-0.1, -0.05) is 25.0 Å². The Kier molecular flexibility index (Phi) is 6.64. The lowest BCUT2D eigenvalue weighted by Gasteiger charge is -2.20. The van der Waals surface area contributed by atoms with Gasteiger partial charge in [0, 0.05) is 24.0 Å². The van der Waals surface area contributed by atoms with Crippen molar-refractivity contribution in [3.63, 3.8) is 0 Å². The van der Waals surface area contributed by atoms with Crippen molar-refractivity contribution < 1.29 is 26.7 Å². The third kappa shape index (κ3) is 5.16. The lowest BCUT2D eigenvalue weighted by atomic mass is 10.1. The molecule has 1 unspecified atom stereocenters. The van der Waals surface area contributed by atoms with Crippen LogP contribution < -0.4 is 10.1 Å². The minimum atomic E-state index is -3.48. The highest BCUT2D eigenvalue weighted by Gasteiger charge is 2.31. The first-order valence-corrected chi connectivity index (χ1v) is 11.9. The van der Waals surface area contributed by atoms with Crippen LogP contribution in [0.5, 0.6) is 5.75 Å². The summed E-state index contributed by atoms with van der Waals surface area (Å²) in [5.41, 5.74) is 0.283. The number of amides is 1. The Hall–Kier alpha value is -3.40. The van der Waals surface area contributed by atoms with Gasteiger partial charge in [-0.25, -0.2) is 22.2 Å². The van der Waals surface area contributed by atoms with Crippen LogP contribution >= 0.6 is 0 Å². The number of sulfone groups is 1. The van der Waals surface area contributed by atoms with Gasteiger partial charge in [-0.15, -0.1) is 0 Å². The average molecular weight is 474 g/mol. The fraction of sp³-hybridized carbons (Fsp3) is 0.261. The van der Waals surface area contributed by atoms with Crippen LogP contribution in [0.3, 0.4) is 0 Å². The number of anilines is 1. The van der Waals surface area contributed by atoms with Gasteiger partial charge in [0.25, 0.3) is 5.91 Å². The number of aromatic nitrogens is 2. The van der Waals surface area contributed by atoms with E-state index in [9.17, 15) is 22.0 Å². The molecule has 2 aromatic carbocycles. The summed E-state index contributed by atoms with van der Waals surface area (Å²) in [5, 5.41) is 2.12. The van der Waals surface area contributed by atoms with Crippen molar-refractivity contribution in [2.75, 3.05) is 5.32 Å². The molecular weight excluding hydrogens is 452 g/mol. The van der Waals surface area contributed by atoms with Crippen molar-refractivity contribution in [3.05, 3.63) is 78.3 Å². The van der Waals surface area contributed by atoms with Crippen LogP contribution in [-0.4, -0.2) is 29.5 Å². The number of hydrogen-bond donors (Lipinski definition) is 1. The van der Waals surface area contributed by atoms with E-state index in [1.165, 1.54) is 42.9 Å². The van der Waals surface area contributed by atoms with Gasteiger partial charge in [0.2, 0.25) is 6.10 Å². The monoisotopic (exact) mass is 473 g/mol. The Balaban J connectivity index is 1.64. The molecule has 0 spiro atoms. The number of carbonyl (C=O) groups is 1. The smallest absolute Gasteiger partial charge is 0.271 e. The second-order valence-corrected chi connectivity index (χ2v) is 9.90. The minimum absolute atomic E-state index is 0.149. The average Bonchev–Trinajstić information content (AvgIpc) is 3.35. The first kappa shape index (κ1) is 22.8. The van der Waals surface area contributed by atoms with Crippen LogP contribution in [0.15, 0.2) is 66.0 Å². The van der Waals surface area contributed by atoms with Crippen molar-refractivity contribution in [2.24, 2.45) is 0 Å². The lowest BCUT2D eigenvalue weighted by Crippen LogP contribution is -2.26. The molecule has 1 atom stereocenters. The summed E-state index contributed by atoms with van der Waals surface area (Å²) in [5.74, 6) is -2.64. The van der Waals surface area contributed by atoms with E-state index in [2.05, 4.69) is 15.3 Å². The Morgan fingerprint density at radius 1 is 1.06 bits per heavy atom. The number of halogens is 2. The van der Waals surface area contributed by atoms with Crippen molar-refractivity contribution in [3.8, 4) is 5.75 Å². The zero-order valence-electron chi connectivity index (χ0n) is 17.4. The highest BCUT2D eigenvalue weighted by molar-refractivity contribution is 7.92. The molecule has 0 bridgehead atoms. The maximum atomic E-state index is 14.2. The van der Waals surface area contributed by atoms with Gasteiger partial charge in [-0.3, -0.25) is 9.78 Å². The maximum Gasteiger partial charge on any atom is 0.271 e. The number of rotatable bonds is 7. The van der Waals surface area contributed by atoms with E-state index in [1.54, 1.807) is 0 Å². The lowest BCUT2D eigenvalue weighted by molar-refractivity contribution is -0.123. The third-order valence-electron chi connectivity index (χ3n) is 5.44. The molecule has 1 heterocycles. The van der Waals surface area contributed by atoms with Crippen molar-refractivity contribution in [2.45, 2.75) is 41.9 Å². The molecule has 1 aromatic heterocycles. The summed E-state index contributed by atoms with van der Waals surface area (Å²) < 4.78 is 58.8. The van der Waals surface area contributed by atoms with E-state index in [1.807, 2.05) is 0 Å². The topological polar surface area (TPSA) is 98.2 Å². The van der Waals surface area contributed by atoms with E-state index in [0.717, 1.165) is 25.0 Å². The fourth-order valence-corrected chi connectivity index (χ4v) is 5.60. The molecule has 0 saturated heterocycles. The minimum Gasteiger partial charge on any atom is -0.473 e. The first-order chi connectivity index (χ1) is 15.8. The number of ether oxygens (including phenoxy) is 1. The quantitative estimate of drug-likeness (QED) is 0.552. The summed E-state index contributed by atoms with van der Waals surface area (Å²) in [6.45, 7) is 0. The van der Waals surface area contributed by atoms with Crippen LogP contribution in [0.1, 0.15) is 37.4 Å². The number of nitrogens with zero attached hydrogens (tertiary/aromatic N) is 2. The largest absolute Gasteiger partial charge is 0.473 e. The van der Waals surface area contributed by atoms with Gasteiger partial charge >= 0.3 is 0 Å². The molecule has 4 rings (SSSR count). The molecule has 1 amide bonds. The first-order valence-electron chi connectivity index (χ1n) is 10.4. The Morgan fingerprint density at radius 2 is 1.79 bits per heavy atom. The van der Waals surface area contributed by atoms with Gasteiger partial charge in [-0.2, -0.15) is 0 Å². The van der Waals surface area contributed by atoms with Crippen molar-refractivity contribution >= 4 is 21.6 Å².